The number of nitrogens with two attached hydrogens (primary N) is 1. The third-order valence-corrected chi connectivity index (χ3v) is 5.03. The molecule has 3 N–H and O–H groups in total. The molecule has 0 unspecified atom stereocenters. The van der Waals surface area contributed by atoms with E-state index in [1.54, 1.807) is 0 Å². The number of para-hydroxylation sites is 1. The van der Waals surface area contributed by atoms with Crippen molar-refractivity contribution in [1.29, 1.82) is 0 Å². The number of aliphatic imine (C=N–C) groups is 2. The quantitative estimate of drug-likeness (QED) is 0.665. The van der Waals surface area contributed by atoms with Gasteiger partial charge in [-0.15, -0.1) is 0 Å². The normalized spacial score (nSPS) is 17.6. The molecule has 28 heavy (non-hydrogen) atoms. The van der Waals surface area contributed by atoms with Gasteiger partial charge in [-0.25, -0.2) is 0 Å². The molecule has 1 aliphatic heterocycles. The highest BCUT2D eigenvalue weighted by molar-refractivity contribution is 6.07. The van der Waals surface area contributed by atoms with Crippen LogP contribution in [-0.2, 0) is 0 Å². The summed E-state index contributed by atoms with van der Waals surface area (Å²) in [6.07, 6.45) is 9.34. The summed E-state index contributed by atoms with van der Waals surface area (Å²) in [5.74, 6) is 1.04. The van der Waals surface area contributed by atoms with Gasteiger partial charge in [0, 0.05) is 11.9 Å². The molecule has 1 aromatic carbocycles. The summed E-state index contributed by atoms with van der Waals surface area (Å²) in [4.78, 5) is 15.6. The van der Waals surface area contributed by atoms with E-state index in [1.165, 1.54) is 32.1 Å². The second-order valence-electron chi connectivity index (χ2n) is 7.85. The van der Waals surface area contributed by atoms with E-state index in [-0.39, 0.29) is 0 Å². The number of hydrogen-bond donors (Lipinski definition) is 2. The van der Waals surface area contributed by atoms with Gasteiger partial charge >= 0.3 is 0 Å². The minimum absolute atomic E-state index is 0.433. The molecule has 150 valence electrons. The number of nitrogens with zero attached hydrogens (tertiary/aromatic N) is 4. The van der Waals surface area contributed by atoms with Crippen molar-refractivity contribution in [2.24, 2.45) is 15.7 Å². The molecule has 0 fully saturated rings. The third kappa shape index (κ3) is 4.80. The molecule has 6 heteroatoms. The van der Waals surface area contributed by atoms with Gasteiger partial charge in [-0.3, -0.25) is 14.9 Å². The third-order valence-electron chi connectivity index (χ3n) is 5.03. The van der Waals surface area contributed by atoms with Crippen LogP contribution in [0.15, 0.2) is 46.5 Å². The average molecular weight is 381 g/mol. The molecule has 0 spiro atoms. The maximum Gasteiger partial charge on any atom is 0.223 e. The number of aromatic nitrogens is 1. The topological polar surface area (TPSA) is 78.9 Å². The van der Waals surface area contributed by atoms with E-state index in [0.29, 0.717) is 11.9 Å². The molecule has 0 aliphatic carbocycles. The molecule has 0 saturated carbocycles. The van der Waals surface area contributed by atoms with Crippen molar-refractivity contribution in [3.63, 3.8) is 0 Å². The van der Waals surface area contributed by atoms with Crippen LogP contribution in [0.4, 0.5) is 5.69 Å². The maximum absolute atomic E-state index is 6.33. The fourth-order valence-corrected chi connectivity index (χ4v) is 3.59. The number of unbranched alkanes of at least 4 members (excludes halogenated alkanes) is 5. The first kappa shape index (κ1) is 20.1. The Kier molecular flexibility index (Phi) is 6.49. The highest BCUT2D eigenvalue weighted by Gasteiger charge is 2.35. The van der Waals surface area contributed by atoms with Gasteiger partial charge < -0.3 is 11.1 Å². The lowest BCUT2D eigenvalue weighted by atomic mass is 10.1. The van der Waals surface area contributed by atoms with Gasteiger partial charge in [0.05, 0.1) is 17.4 Å². The molecule has 1 aliphatic rings. The number of benzene rings is 1. The van der Waals surface area contributed by atoms with Crippen molar-refractivity contribution in [1.82, 2.24) is 10.3 Å². The second kappa shape index (κ2) is 9.04. The summed E-state index contributed by atoms with van der Waals surface area (Å²) < 4.78 is 0. The number of rotatable bonds is 8. The Morgan fingerprint density at radius 1 is 1.11 bits per heavy atom. The summed E-state index contributed by atoms with van der Waals surface area (Å²) in [7, 11) is 0. The summed E-state index contributed by atoms with van der Waals surface area (Å²) in [5, 5.41) is 4.49. The highest BCUT2D eigenvalue weighted by atomic mass is 15.5. The van der Waals surface area contributed by atoms with E-state index in [2.05, 4.69) is 53.2 Å². The summed E-state index contributed by atoms with van der Waals surface area (Å²) in [5.41, 5.74) is 7.76. The number of hydrogen-bond acceptors (Lipinski definition) is 4. The second-order valence-corrected chi connectivity index (χ2v) is 7.85. The average Bonchev–Trinajstić information content (AvgIpc) is 2.66. The SMILES string of the molecule is CCCCCCCCN=C1N=C(N)N(c2cnc3ccccc3c2)C(C)(C)N1. The molecule has 2 aromatic rings. The predicted molar refractivity (Wildman–Crippen MR) is 119 cm³/mol. The molecule has 1 aromatic heterocycles. The van der Waals surface area contributed by atoms with Crippen LogP contribution in [0.2, 0.25) is 0 Å². The van der Waals surface area contributed by atoms with Gasteiger partial charge in [0.25, 0.3) is 0 Å². The van der Waals surface area contributed by atoms with E-state index in [4.69, 9.17) is 5.73 Å². The molecule has 0 radical (unpaired) electrons. The van der Waals surface area contributed by atoms with Crippen molar-refractivity contribution in [2.75, 3.05) is 11.4 Å². The number of anilines is 1. The van der Waals surface area contributed by atoms with E-state index in [1.807, 2.05) is 29.3 Å². The lowest BCUT2D eigenvalue weighted by Gasteiger charge is -2.42. The molecule has 0 atom stereocenters. The Morgan fingerprint density at radius 2 is 1.86 bits per heavy atom. The maximum atomic E-state index is 6.33. The zero-order valence-corrected chi connectivity index (χ0v) is 17.3. The molecule has 6 nitrogen and oxygen atoms in total. The number of nitrogens with one attached hydrogen (secondary N) is 1. The Balaban J connectivity index is 1.70. The summed E-state index contributed by atoms with van der Waals surface area (Å²) in [6, 6.07) is 10.1. The van der Waals surface area contributed by atoms with Gasteiger partial charge in [-0.2, -0.15) is 4.99 Å². The number of pyridine rings is 1. The molecule has 3 rings (SSSR count). The zero-order chi connectivity index (χ0) is 20.0. The lowest BCUT2D eigenvalue weighted by molar-refractivity contribution is 0.465. The van der Waals surface area contributed by atoms with Crippen LogP contribution in [0.1, 0.15) is 59.3 Å². The van der Waals surface area contributed by atoms with Crippen LogP contribution in [0.5, 0.6) is 0 Å². The molecular formula is C22H32N6. The summed E-state index contributed by atoms with van der Waals surface area (Å²) in [6.45, 7) is 7.16. The minimum atomic E-state index is -0.448. The Bertz CT molecular complexity index is 855. The van der Waals surface area contributed by atoms with Crippen molar-refractivity contribution in [3.05, 3.63) is 36.5 Å². The van der Waals surface area contributed by atoms with Gasteiger partial charge in [0.15, 0.2) is 0 Å². The van der Waals surface area contributed by atoms with E-state index < -0.39 is 5.66 Å². The summed E-state index contributed by atoms with van der Waals surface area (Å²) >= 11 is 0. The Labute approximate surface area is 168 Å². The monoisotopic (exact) mass is 380 g/mol. The van der Waals surface area contributed by atoms with Crippen LogP contribution in [0, 0.1) is 0 Å². The van der Waals surface area contributed by atoms with Gasteiger partial charge in [-0.1, -0.05) is 57.2 Å². The van der Waals surface area contributed by atoms with Crippen LogP contribution in [0.25, 0.3) is 10.9 Å². The zero-order valence-electron chi connectivity index (χ0n) is 17.3. The van der Waals surface area contributed by atoms with Crippen LogP contribution in [-0.4, -0.2) is 29.1 Å². The lowest BCUT2D eigenvalue weighted by Crippen LogP contribution is -2.64. The van der Waals surface area contributed by atoms with Crippen molar-refractivity contribution >= 4 is 28.5 Å². The molecule has 0 saturated heterocycles. The fourth-order valence-electron chi connectivity index (χ4n) is 3.59. The van der Waals surface area contributed by atoms with Gasteiger partial charge in [0.2, 0.25) is 11.9 Å². The molecular weight excluding hydrogens is 348 g/mol. The highest BCUT2D eigenvalue weighted by Crippen LogP contribution is 2.26. The van der Waals surface area contributed by atoms with Crippen molar-refractivity contribution in [2.45, 2.75) is 65.0 Å². The Morgan fingerprint density at radius 3 is 2.64 bits per heavy atom. The predicted octanol–water partition coefficient (Wildman–Crippen LogP) is 4.41. The number of fused-ring (bicyclic) bond motifs is 1. The number of guanidine groups is 2. The first-order valence-corrected chi connectivity index (χ1v) is 10.3. The van der Waals surface area contributed by atoms with Crippen LogP contribution >= 0.6 is 0 Å². The van der Waals surface area contributed by atoms with Crippen LogP contribution < -0.4 is 16.0 Å². The molecule has 0 amide bonds. The first-order chi connectivity index (χ1) is 13.5. The minimum Gasteiger partial charge on any atom is -0.369 e. The molecule has 2 heterocycles. The van der Waals surface area contributed by atoms with Crippen molar-refractivity contribution in [3.8, 4) is 0 Å². The largest absolute Gasteiger partial charge is 0.369 e. The van der Waals surface area contributed by atoms with Crippen LogP contribution in [0.3, 0.4) is 0 Å². The van der Waals surface area contributed by atoms with E-state index in [9.17, 15) is 0 Å². The Hall–Kier alpha value is -2.63. The smallest absolute Gasteiger partial charge is 0.223 e. The van der Waals surface area contributed by atoms with Gasteiger partial charge in [-0.05, 0) is 32.4 Å². The molecule has 0 bridgehead atoms. The van der Waals surface area contributed by atoms with Gasteiger partial charge in [0.1, 0.15) is 5.66 Å². The van der Waals surface area contributed by atoms with Crippen molar-refractivity contribution < 1.29 is 0 Å². The van der Waals surface area contributed by atoms with E-state index >= 15 is 0 Å². The first-order valence-electron chi connectivity index (χ1n) is 10.3. The standard InChI is InChI=1S/C22H32N6/c1-4-5-6-7-8-11-14-24-21-26-20(23)28(22(2,3)27-21)18-15-17-12-9-10-13-19(17)25-16-18/h9-10,12-13,15-16H,4-8,11,14H2,1-3H3,(H3,23,24,26,27). The van der Waals surface area contributed by atoms with E-state index in [0.717, 1.165) is 29.6 Å². The fraction of sp³-hybridized carbons (Fsp3) is 0.500.